The van der Waals surface area contributed by atoms with Gasteiger partial charge in [-0.3, -0.25) is 0 Å². The summed E-state index contributed by atoms with van der Waals surface area (Å²) < 4.78 is 4.89. The van der Waals surface area contributed by atoms with Crippen LogP contribution in [-0.4, -0.2) is 9.13 Å². The molecule has 0 spiro atoms. The first-order valence-electron chi connectivity index (χ1n) is 20.3. The van der Waals surface area contributed by atoms with Gasteiger partial charge in [0, 0.05) is 32.9 Å². The van der Waals surface area contributed by atoms with E-state index in [1.807, 2.05) is 48.5 Å². The zero-order valence-corrected chi connectivity index (χ0v) is 32.9. The van der Waals surface area contributed by atoms with E-state index < -0.39 is 0 Å². The van der Waals surface area contributed by atoms with Crippen molar-refractivity contribution in [3.63, 3.8) is 0 Å². The van der Waals surface area contributed by atoms with Crippen molar-refractivity contribution < 1.29 is 0 Å². The highest BCUT2D eigenvalue weighted by Crippen LogP contribution is 2.41. The summed E-state index contributed by atoms with van der Waals surface area (Å²) >= 11 is 0. The number of nitrogens with zero attached hydrogens (tertiary/aromatic N) is 4. The third-order valence-electron chi connectivity index (χ3n) is 12.4. The van der Waals surface area contributed by atoms with Crippen molar-refractivity contribution in [1.82, 2.24) is 9.13 Å². The Morgan fingerprint density at radius 2 is 0.797 bits per heavy atom. The van der Waals surface area contributed by atoms with E-state index in [0.717, 1.165) is 52.9 Å². The first kappa shape index (κ1) is 34.6. The Morgan fingerprint density at radius 3 is 1.20 bits per heavy atom. The van der Waals surface area contributed by atoms with Crippen LogP contribution >= 0.6 is 0 Å². The number of fused-ring (bicyclic) bond motifs is 8. The summed E-state index contributed by atoms with van der Waals surface area (Å²) in [5, 5.41) is 23.8. The van der Waals surface area contributed by atoms with Crippen LogP contribution in [-0.2, 0) is 19.3 Å². The molecule has 10 aromatic rings. The molecule has 0 saturated carbocycles. The SMILES string of the molecule is Cc1cccc(-n2c3cc(-c4ccc(C#N)cc4)ccc3c3cc4c(cc32)CCc2cc3c(cc2C4)c2ccc(-c4ccc(C#N)cc4)cc2n3-c2cccc(C)c2)c1. The van der Waals surface area contributed by atoms with Gasteiger partial charge in [0.25, 0.3) is 0 Å². The van der Waals surface area contributed by atoms with Gasteiger partial charge in [0.05, 0.1) is 45.3 Å². The molecule has 0 unspecified atom stereocenters. The van der Waals surface area contributed by atoms with E-state index in [1.165, 1.54) is 77.0 Å². The van der Waals surface area contributed by atoms with Gasteiger partial charge in [-0.25, -0.2) is 0 Å². The average molecular weight is 755 g/mol. The van der Waals surface area contributed by atoms with Gasteiger partial charge in [0.2, 0.25) is 0 Å². The van der Waals surface area contributed by atoms with Gasteiger partial charge in [-0.05, 0) is 174 Å². The van der Waals surface area contributed by atoms with Crippen molar-refractivity contribution in [1.29, 1.82) is 10.5 Å². The van der Waals surface area contributed by atoms with Crippen LogP contribution < -0.4 is 0 Å². The monoisotopic (exact) mass is 754 g/mol. The minimum atomic E-state index is 0.665. The first-order valence-corrected chi connectivity index (χ1v) is 20.3. The van der Waals surface area contributed by atoms with E-state index in [1.54, 1.807) is 0 Å². The van der Waals surface area contributed by atoms with Crippen LogP contribution in [0.15, 0.2) is 158 Å². The highest BCUT2D eigenvalue weighted by atomic mass is 15.0. The molecule has 0 atom stereocenters. The Balaban J connectivity index is 1.08. The summed E-state index contributed by atoms with van der Waals surface area (Å²) in [7, 11) is 0. The fraction of sp³-hybridized carbons (Fsp3) is 0.0909. The van der Waals surface area contributed by atoms with E-state index in [2.05, 4.69) is 144 Å². The summed E-state index contributed by atoms with van der Waals surface area (Å²) in [5.74, 6) is 0. The van der Waals surface area contributed by atoms with Gasteiger partial charge in [-0.2, -0.15) is 10.5 Å². The third kappa shape index (κ3) is 5.73. The zero-order valence-electron chi connectivity index (χ0n) is 32.9. The summed E-state index contributed by atoms with van der Waals surface area (Å²) in [5.41, 5.74) is 21.0. The van der Waals surface area contributed by atoms with Crippen molar-refractivity contribution in [2.24, 2.45) is 0 Å². The molecule has 0 saturated heterocycles. The lowest BCUT2D eigenvalue weighted by atomic mass is 9.96. The van der Waals surface area contributed by atoms with E-state index in [0.29, 0.717) is 11.1 Å². The molecule has 0 radical (unpaired) electrons. The fourth-order valence-corrected chi connectivity index (χ4v) is 9.50. The number of hydrogen-bond donors (Lipinski definition) is 0. The van der Waals surface area contributed by atoms with Crippen molar-refractivity contribution in [3.05, 3.63) is 202 Å². The molecule has 2 heterocycles. The average Bonchev–Trinajstić information content (AvgIpc) is 3.68. The van der Waals surface area contributed by atoms with Crippen LogP contribution in [0.25, 0.3) is 77.2 Å². The van der Waals surface area contributed by atoms with Crippen molar-refractivity contribution in [3.8, 4) is 45.8 Å². The molecular weight excluding hydrogens is 717 g/mol. The van der Waals surface area contributed by atoms with Gasteiger partial charge >= 0.3 is 0 Å². The van der Waals surface area contributed by atoms with Gasteiger partial charge in [-0.1, -0.05) is 72.8 Å². The second-order valence-corrected chi connectivity index (χ2v) is 16.1. The Bertz CT molecular complexity index is 3210. The van der Waals surface area contributed by atoms with Crippen LogP contribution in [0.3, 0.4) is 0 Å². The summed E-state index contributed by atoms with van der Waals surface area (Å²) in [6, 6.07) is 61.4. The molecule has 1 aliphatic carbocycles. The fourth-order valence-electron chi connectivity index (χ4n) is 9.50. The van der Waals surface area contributed by atoms with Gasteiger partial charge < -0.3 is 9.13 Å². The molecule has 2 aromatic heterocycles. The molecule has 0 bridgehead atoms. The quantitative estimate of drug-likeness (QED) is 0.180. The van der Waals surface area contributed by atoms with E-state index in [9.17, 15) is 10.5 Å². The molecule has 4 heteroatoms. The van der Waals surface area contributed by atoms with Crippen molar-refractivity contribution in [2.75, 3.05) is 0 Å². The summed E-state index contributed by atoms with van der Waals surface area (Å²) in [6.07, 6.45) is 2.80. The molecule has 8 aromatic carbocycles. The molecule has 4 nitrogen and oxygen atoms in total. The molecule has 1 aliphatic rings. The minimum absolute atomic E-state index is 0.665. The van der Waals surface area contributed by atoms with E-state index in [-0.39, 0.29) is 0 Å². The maximum Gasteiger partial charge on any atom is 0.0991 e. The number of hydrogen-bond acceptors (Lipinski definition) is 2. The second-order valence-electron chi connectivity index (χ2n) is 16.1. The Hall–Kier alpha value is -7.66. The second kappa shape index (κ2) is 13.5. The standard InChI is InChI=1S/C55H38N4/c1-34-5-3-7-46(23-34)58-52-28-40(38-13-9-36(32-56)10-14-38)19-21-48(52)50-26-44-25-45-27-51-49-22-20-41(39-15-11-37(33-57)12-16-39)29-53(49)59(47-8-4-6-35(2)24-47)55(51)31-43(45)18-17-42(44)30-54(50)58/h3-16,19-24,26-31H,17-18,25H2,1-2H3. The van der Waals surface area contributed by atoms with Crippen LogP contribution in [0.4, 0.5) is 0 Å². The molecule has 0 amide bonds. The Kier molecular flexibility index (Phi) is 7.90. The van der Waals surface area contributed by atoms with Crippen molar-refractivity contribution in [2.45, 2.75) is 33.1 Å². The van der Waals surface area contributed by atoms with Crippen LogP contribution in [0, 0.1) is 36.5 Å². The lowest BCUT2D eigenvalue weighted by Gasteiger charge is -2.12. The van der Waals surface area contributed by atoms with E-state index >= 15 is 0 Å². The smallest absolute Gasteiger partial charge is 0.0991 e. The number of nitriles is 2. The lowest BCUT2D eigenvalue weighted by molar-refractivity contribution is 0.966. The lowest BCUT2D eigenvalue weighted by Crippen LogP contribution is -1.97. The summed E-state index contributed by atoms with van der Waals surface area (Å²) in [6.45, 7) is 4.32. The predicted octanol–water partition coefficient (Wildman–Crippen LogP) is 13.3. The predicted molar refractivity (Wildman–Crippen MR) is 242 cm³/mol. The minimum Gasteiger partial charge on any atom is -0.309 e. The molecule has 0 aliphatic heterocycles. The third-order valence-corrected chi connectivity index (χ3v) is 12.4. The molecular formula is C55H38N4. The highest BCUT2D eigenvalue weighted by Gasteiger charge is 2.22. The Labute approximate surface area is 343 Å². The molecule has 0 N–H and O–H groups in total. The zero-order chi connectivity index (χ0) is 39.8. The van der Waals surface area contributed by atoms with Gasteiger partial charge in [0.15, 0.2) is 0 Å². The van der Waals surface area contributed by atoms with Crippen molar-refractivity contribution >= 4 is 43.6 Å². The molecule has 59 heavy (non-hydrogen) atoms. The largest absolute Gasteiger partial charge is 0.309 e. The van der Waals surface area contributed by atoms with E-state index in [4.69, 9.17) is 0 Å². The van der Waals surface area contributed by atoms with Crippen LogP contribution in [0.2, 0.25) is 0 Å². The topological polar surface area (TPSA) is 57.4 Å². The van der Waals surface area contributed by atoms with Gasteiger partial charge in [0.1, 0.15) is 0 Å². The maximum absolute atomic E-state index is 9.41. The number of benzene rings is 8. The number of aromatic nitrogens is 2. The highest BCUT2D eigenvalue weighted by molar-refractivity contribution is 6.12. The number of aryl methyl sites for hydroxylation is 4. The van der Waals surface area contributed by atoms with Gasteiger partial charge in [-0.15, -0.1) is 0 Å². The van der Waals surface area contributed by atoms with Crippen LogP contribution in [0.5, 0.6) is 0 Å². The normalized spacial score (nSPS) is 12.3. The first-order chi connectivity index (χ1) is 28.9. The molecule has 0 fully saturated rings. The maximum atomic E-state index is 9.41. The molecule has 278 valence electrons. The Morgan fingerprint density at radius 1 is 0.390 bits per heavy atom. The van der Waals surface area contributed by atoms with Crippen LogP contribution in [0.1, 0.15) is 44.5 Å². The molecule has 11 rings (SSSR count). The number of rotatable bonds is 4. The summed E-state index contributed by atoms with van der Waals surface area (Å²) in [4.78, 5) is 0.